The van der Waals surface area contributed by atoms with Crippen LogP contribution in [0.2, 0.25) is 0 Å². The van der Waals surface area contributed by atoms with E-state index in [-0.39, 0.29) is 13.2 Å². The number of benzene rings is 2. The van der Waals surface area contributed by atoms with Gasteiger partial charge in [-0.1, -0.05) is 18.2 Å². The molecule has 2 heterocycles. The number of hydrazine groups is 1. The number of hydrogen-bond acceptors (Lipinski definition) is 6. The van der Waals surface area contributed by atoms with Crippen molar-refractivity contribution in [2.24, 2.45) is 0 Å². The quantitative estimate of drug-likeness (QED) is 0.639. The second-order valence-electron chi connectivity index (χ2n) is 5.76. The third kappa shape index (κ3) is 2.92. The molecule has 132 valence electrons. The molecule has 0 bridgehead atoms. The third-order valence-electron chi connectivity index (χ3n) is 4.10. The highest BCUT2D eigenvalue weighted by Crippen LogP contribution is 2.33. The molecule has 0 radical (unpaired) electrons. The van der Waals surface area contributed by atoms with Crippen molar-refractivity contribution in [2.45, 2.75) is 12.5 Å². The Kier molecular flexibility index (Phi) is 3.92. The molecule has 2 N–H and O–H groups in total. The summed E-state index contributed by atoms with van der Waals surface area (Å²) in [5, 5.41) is 0. The molecular formula is C18H14N2O6. The zero-order valence-corrected chi connectivity index (χ0v) is 13.5. The zero-order valence-electron chi connectivity index (χ0n) is 13.5. The Morgan fingerprint density at radius 2 is 1.85 bits per heavy atom. The SMILES string of the molecule is O=C(CC1OC(=O)c2ccccc21)NNC(=O)c1ccc2c(c1)OCO2. The maximum absolute atomic E-state index is 12.1. The van der Waals surface area contributed by atoms with E-state index < -0.39 is 23.9 Å². The molecule has 0 saturated carbocycles. The van der Waals surface area contributed by atoms with E-state index >= 15 is 0 Å². The molecule has 1 atom stereocenters. The van der Waals surface area contributed by atoms with Crippen molar-refractivity contribution in [3.63, 3.8) is 0 Å². The molecule has 4 rings (SSSR count). The summed E-state index contributed by atoms with van der Waals surface area (Å²) in [6.45, 7) is 0.110. The van der Waals surface area contributed by atoms with E-state index in [1.807, 2.05) is 0 Å². The Balaban J connectivity index is 1.35. The lowest BCUT2D eigenvalue weighted by Crippen LogP contribution is -2.42. The van der Waals surface area contributed by atoms with E-state index in [0.717, 1.165) is 0 Å². The van der Waals surface area contributed by atoms with Crippen molar-refractivity contribution in [2.75, 3.05) is 6.79 Å². The lowest BCUT2D eigenvalue weighted by molar-refractivity contribution is -0.123. The van der Waals surface area contributed by atoms with Gasteiger partial charge in [0.25, 0.3) is 5.91 Å². The Morgan fingerprint density at radius 1 is 1.04 bits per heavy atom. The first kappa shape index (κ1) is 15.9. The lowest BCUT2D eigenvalue weighted by Gasteiger charge is -2.12. The normalized spacial score (nSPS) is 16.6. The molecule has 0 saturated heterocycles. The first-order valence-electron chi connectivity index (χ1n) is 7.90. The smallest absolute Gasteiger partial charge is 0.339 e. The van der Waals surface area contributed by atoms with Crippen LogP contribution in [0.3, 0.4) is 0 Å². The van der Waals surface area contributed by atoms with Crippen LogP contribution in [0.5, 0.6) is 11.5 Å². The molecule has 0 aromatic heterocycles. The van der Waals surface area contributed by atoms with Gasteiger partial charge in [-0.25, -0.2) is 4.79 Å². The molecule has 0 aliphatic carbocycles. The number of carbonyl (C=O) groups excluding carboxylic acids is 3. The number of rotatable bonds is 3. The van der Waals surface area contributed by atoms with Crippen LogP contribution in [0.15, 0.2) is 42.5 Å². The topological polar surface area (TPSA) is 103 Å². The number of esters is 1. The van der Waals surface area contributed by atoms with E-state index in [9.17, 15) is 14.4 Å². The monoisotopic (exact) mass is 354 g/mol. The number of nitrogens with one attached hydrogen (secondary N) is 2. The number of carbonyl (C=O) groups is 3. The molecule has 2 aromatic carbocycles. The first-order chi connectivity index (χ1) is 12.6. The highest BCUT2D eigenvalue weighted by Gasteiger charge is 2.32. The molecule has 1 unspecified atom stereocenters. The van der Waals surface area contributed by atoms with Gasteiger partial charge < -0.3 is 14.2 Å². The van der Waals surface area contributed by atoms with Gasteiger partial charge in [0.15, 0.2) is 11.5 Å². The average Bonchev–Trinajstić information content (AvgIpc) is 3.24. The first-order valence-corrected chi connectivity index (χ1v) is 7.90. The van der Waals surface area contributed by atoms with Gasteiger partial charge in [-0.3, -0.25) is 20.4 Å². The fourth-order valence-electron chi connectivity index (χ4n) is 2.83. The van der Waals surface area contributed by atoms with Crippen molar-refractivity contribution in [1.29, 1.82) is 0 Å². The molecule has 2 aliphatic rings. The molecule has 2 amide bonds. The molecule has 2 aliphatic heterocycles. The number of amides is 2. The summed E-state index contributed by atoms with van der Waals surface area (Å²) in [4.78, 5) is 36.0. The standard InChI is InChI=1S/C18H14N2O6/c21-16(8-14-11-3-1-2-4-12(11)18(23)26-14)19-20-17(22)10-5-6-13-15(7-10)25-9-24-13/h1-7,14H,8-9H2,(H,19,21)(H,20,22). The van der Waals surface area contributed by atoms with E-state index in [4.69, 9.17) is 14.2 Å². The zero-order chi connectivity index (χ0) is 18.1. The Labute approximate surface area is 148 Å². The summed E-state index contributed by atoms with van der Waals surface area (Å²) >= 11 is 0. The number of fused-ring (bicyclic) bond motifs is 2. The largest absolute Gasteiger partial charge is 0.454 e. The van der Waals surface area contributed by atoms with Crippen molar-refractivity contribution in [3.8, 4) is 11.5 Å². The lowest BCUT2D eigenvalue weighted by atomic mass is 10.0. The molecule has 8 nitrogen and oxygen atoms in total. The predicted octanol–water partition coefficient (Wildman–Crippen LogP) is 1.48. The highest BCUT2D eigenvalue weighted by atomic mass is 16.7. The number of cyclic esters (lactones) is 1. The molecular weight excluding hydrogens is 340 g/mol. The van der Waals surface area contributed by atoms with Gasteiger partial charge in [0.1, 0.15) is 6.10 Å². The van der Waals surface area contributed by atoms with Crippen LogP contribution >= 0.6 is 0 Å². The van der Waals surface area contributed by atoms with Crippen molar-refractivity contribution >= 4 is 17.8 Å². The van der Waals surface area contributed by atoms with Gasteiger partial charge in [-0.2, -0.15) is 0 Å². The fraction of sp³-hybridized carbons (Fsp3) is 0.167. The van der Waals surface area contributed by atoms with Crippen LogP contribution in [-0.4, -0.2) is 24.6 Å². The second-order valence-corrected chi connectivity index (χ2v) is 5.76. The van der Waals surface area contributed by atoms with Crippen LogP contribution < -0.4 is 20.3 Å². The van der Waals surface area contributed by atoms with Gasteiger partial charge in [0.2, 0.25) is 12.7 Å². The van der Waals surface area contributed by atoms with E-state index in [0.29, 0.717) is 28.2 Å². The van der Waals surface area contributed by atoms with Gasteiger partial charge in [-0.05, 0) is 24.3 Å². The maximum atomic E-state index is 12.1. The van der Waals surface area contributed by atoms with Gasteiger partial charge >= 0.3 is 5.97 Å². The summed E-state index contributed by atoms with van der Waals surface area (Å²) in [5.41, 5.74) is 6.07. The molecule has 26 heavy (non-hydrogen) atoms. The maximum Gasteiger partial charge on any atom is 0.339 e. The summed E-state index contributed by atoms with van der Waals surface area (Å²) in [6.07, 6.45) is -0.759. The molecule has 0 spiro atoms. The van der Waals surface area contributed by atoms with Gasteiger partial charge in [0, 0.05) is 11.1 Å². The van der Waals surface area contributed by atoms with Gasteiger partial charge in [0.05, 0.1) is 12.0 Å². The summed E-state index contributed by atoms with van der Waals surface area (Å²) in [7, 11) is 0. The van der Waals surface area contributed by atoms with E-state index in [1.165, 1.54) is 6.07 Å². The fourth-order valence-corrected chi connectivity index (χ4v) is 2.83. The van der Waals surface area contributed by atoms with Crippen molar-refractivity contribution in [3.05, 3.63) is 59.2 Å². The van der Waals surface area contributed by atoms with Crippen LogP contribution in [0.1, 0.15) is 38.8 Å². The molecule has 0 fully saturated rings. The predicted molar refractivity (Wildman–Crippen MR) is 87.4 cm³/mol. The highest BCUT2D eigenvalue weighted by molar-refractivity contribution is 5.97. The average molecular weight is 354 g/mol. The summed E-state index contributed by atoms with van der Waals surface area (Å²) in [5.74, 6) is -0.400. The Hall–Kier alpha value is -3.55. The minimum atomic E-state index is -0.666. The Bertz CT molecular complexity index is 910. The van der Waals surface area contributed by atoms with Gasteiger partial charge in [-0.15, -0.1) is 0 Å². The minimum absolute atomic E-state index is 0.0931. The van der Waals surface area contributed by atoms with Crippen LogP contribution in [0, 0.1) is 0 Å². The molecule has 2 aromatic rings. The van der Waals surface area contributed by atoms with Crippen LogP contribution in [0.25, 0.3) is 0 Å². The van der Waals surface area contributed by atoms with E-state index in [1.54, 1.807) is 36.4 Å². The van der Waals surface area contributed by atoms with Crippen molar-refractivity contribution in [1.82, 2.24) is 10.9 Å². The van der Waals surface area contributed by atoms with Crippen LogP contribution in [0.4, 0.5) is 0 Å². The summed E-state index contributed by atoms with van der Waals surface area (Å²) < 4.78 is 15.6. The summed E-state index contributed by atoms with van der Waals surface area (Å²) in [6, 6.07) is 11.6. The number of ether oxygens (including phenoxy) is 3. The van der Waals surface area contributed by atoms with Crippen LogP contribution in [-0.2, 0) is 9.53 Å². The van der Waals surface area contributed by atoms with Crippen molar-refractivity contribution < 1.29 is 28.6 Å². The van der Waals surface area contributed by atoms with E-state index in [2.05, 4.69) is 10.9 Å². The minimum Gasteiger partial charge on any atom is -0.454 e. The number of hydrogen-bond donors (Lipinski definition) is 2. The third-order valence-corrected chi connectivity index (χ3v) is 4.10. The Morgan fingerprint density at radius 3 is 2.73 bits per heavy atom. The second kappa shape index (κ2) is 6.40. The molecule has 8 heteroatoms.